The van der Waals surface area contributed by atoms with E-state index >= 15 is 0 Å². The molecule has 0 saturated carbocycles. The summed E-state index contributed by atoms with van der Waals surface area (Å²) in [5.41, 5.74) is 10.5. The third kappa shape index (κ3) is 4.86. The van der Waals surface area contributed by atoms with Gasteiger partial charge in [-0.3, -0.25) is 5.41 Å². The molecule has 0 radical (unpaired) electrons. The van der Waals surface area contributed by atoms with Crippen LogP contribution in [0.1, 0.15) is 22.5 Å². The second-order valence-electron chi connectivity index (χ2n) is 7.34. The Kier molecular flexibility index (Phi) is 6.03. The molecule has 162 valence electrons. The van der Waals surface area contributed by atoms with Gasteiger partial charge in [0.15, 0.2) is 0 Å². The zero-order chi connectivity index (χ0) is 22.5. The van der Waals surface area contributed by atoms with Crippen LogP contribution in [0.5, 0.6) is 5.75 Å². The Morgan fingerprint density at radius 3 is 2.53 bits per heavy atom. The highest BCUT2D eigenvalue weighted by Gasteiger charge is 2.13. The van der Waals surface area contributed by atoms with Crippen molar-refractivity contribution >= 4 is 28.6 Å². The number of amides is 1. The number of amidine groups is 1. The molecular weight excluding hydrogens is 404 g/mol. The molecule has 0 fully saturated rings. The number of carbonyl (C=O) groups is 1. The number of nitrogens with zero attached hydrogens (tertiary/aromatic N) is 1. The fourth-order valence-corrected chi connectivity index (χ4v) is 3.30. The van der Waals surface area contributed by atoms with Crippen molar-refractivity contribution in [2.24, 2.45) is 5.73 Å². The summed E-state index contributed by atoms with van der Waals surface area (Å²) in [6, 6.07) is 20.6. The van der Waals surface area contributed by atoms with Crippen LogP contribution in [0.4, 0.5) is 10.5 Å². The second-order valence-corrected chi connectivity index (χ2v) is 7.34. The number of H-pyrrole nitrogens is 1. The van der Waals surface area contributed by atoms with Crippen LogP contribution in [0.3, 0.4) is 0 Å². The van der Waals surface area contributed by atoms with Crippen LogP contribution < -0.4 is 21.1 Å². The van der Waals surface area contributed by atoms with Gasteiger partial charge in [0.25, 0.3) is 0 Å². The molecule has 6 N–H and O–H groups in total. The van der Waals surface area contributed by atoms with E-state index in [0.29, 0.717) is 24.4 Å². The number of ether oxygens (including phenoxy) is 1. The molecule has 0 atom stereocenters. The summed E-state index contributed by atoms with van der Waals surface area (Å²) >= 11 is 0. The van der Waals surface area contributed by atoms with Gasteiger partial charge in [0.2, 0.25) is 0 Å². The first-order valence-electron chi connectivity index (χ1n) is 10.2. The maximum atomic E-state index is 12.2. The molecule has 0 saturated heterocycles. The summed E-state index contributed by atoms with van der Waals surface area (Å²) in [5.74, 6) is 1.26. The minimum Gasteiger partial charge on any atom is -0.410 e. The smallest absolute Gasteiger partial charge is 0.410 e. The molecule has 0 spiro atoms. The topological polar surface area (TPSA) is 129 Å². The Bertz CT molecular complexity index is 1250. The molecule has 0 unspecified atom stereocenters. The monoisotopic (exact) mass is 428 g/mol. The normalized spacial score (nSPS) is 10.7. The molecule has 8 nitrogen and oxygen atoms in total. The highest BCUT2D eigenvalue weighted by Crippen LogP contribution is 2.26. The predicted octanol–water partition coefficient (Wildman–Crippen LogP) is 4.06. The number of hydrogen-bond donors (Lipinski definition) is 5. The number of anilines is 1. The Morgan fingerprint density at radius 1 is 1.06 bits per heavy atom. The second kappa shape index (κ2) is 9.22. The molecule has 1 amide bonds. The van der Waals surface area contributed by atoms with Gasteiger partial charge >= 0.3 is 6.09 Å². The van der Waals surface area contributed by atoms with Gasteiger partial charge in [-0.2, -0.15) is 0 Å². The largest absolute Gasteiger partial charge is 0.412 e. The molecule has 0 bridgehead atoms. The fourth-order valence-electron chi connectivity index (χ4n) is 3.30. The van der Waals surface area contributed by atoms with Gasteiger partial charge < -0.3 is 26.1 Å². The van der Waals surface area contributed by atoms with Gasteiger partial charge in [-0.05, 0) is 48.9 Å². The third-order valence-electron chi connectivity index (χ3n) is 5.05. The van der Waals surface area contributed by atoms with Gasteiger partial charge in [0.1, 0.15) is 17.4 Å². The first-order valence-corrected chi connectivity index (χ1v) is 10.2. The van der Waals surface area contributed by atoms with E-state index in [4.69, 9.17) is 15.9 Å². The number of nitrogens with two attached hydrogens (primary N) is 1. The lowest BCUT2D eigenvalue weighted by Gasteiger charge is -2.09. The summed E-state index contributed by atoms with van der Waals surface area (Å²) < 4.78 is 5.50. The summed E-state index contributed by atoms with van der Waals surface area (Å²) in [6.07, 6.45) is -0.511. The number of aromatic amines is 1. The number of imidazole rings is 1. The number of hydrogen-bond acceptors (Lipinski definition) is 5. The van der Waals surface area contributed by atoms with Crippen molar-refractivity contribution in [3.05, 3.63) is 89.2 Å². The van der Waals surface area contributed by atoms with Gasteiger partial charge in [0, 0.05) is 23.4 Å². The third-order valence-corrected chi connectivity index (χ3v) is 5.05. The van der Waals surface area contributed by atoms with E-state index in [1.54, 1.807) is 18.2 Å². The summed E-state index contributed by atoms with van der Waals surface area (Å²) in [4.78, 5) is 20.1. The first-order chi connectivity index (χ1) is 15.5. The molecule has 1 aromatic heterocycles. The number of carbonyl (C=O) groups excluding carboxylic acids is 1. The average Bonchev–Trinajstić information content (AvgIpc) is 3.23. The van der Waals surface area contributed by atoms with Crippen LogP contribution in [0.15, 0.2) is 66.7 Å². The molecule has 4 aromatic rings. The Balaban J connectivity index is 1.40. The summed E-state index contributed by atoms with van der Waals surface area (Å²) in [6.45, 7) is 2.76. The van der Waals surface area contributed by atoms with E-state index < -0.39 is 6.09 Å². The van der Waals surface area contributed by atoms with Crippen LogP contribution in [0.25, 0.3) is 11.0 Å². The number of aryl methyl sites for hydroxylation is 1. The zero-order valence-electron chi connectivity index (χ0n) is 17.6. The van der Waals surface area contributed by atoms with Crippen molar-refractivity contribution in [3.8, 4) is 5.75 Å². The lowest BCUT2D eigenvalue weighted by molar-refractivity contribution is 0.199. The summed E-state index contributed by atoms with van der Waals surface area (Å²) in [5, 5.41) is 13.5. The van der Waals surface area contributed by atoms with E-state index in [0.717, 1.165) is 33.7 Å². The number of nitrogens with one attached hydrogen (secondary N) is 4. The predicted molar refractivity (Wildman–Crippen MR) is 125 cm³/mol. The first kappa shape index (κ1) is 20.9. The lowest BCUT2D eigenvalue weighted by Crippen LogP contribution is -2.26. The molecular formula is C24H24N6O2. The highest BCUT2D eigenvalue weighted by atomic mass is 16.6. The minimum absolute atomic E-state index is 0.0380. The molecule has 32 heavy (non-hydrogen) atoms. The van der Waals surface area contributed by atoms with Crippen LogP contribution in [-0.2, 0) is 13.1 Å². The number of nitrogen functional groups attached to an aromatic ring is 1. The van der Waals surface area contributed by atoms with E-state index in [2.05, 4.69) is 20.6 Å². The van der Waals surface area contributed by atoms with Gasteiger partial charge in [-0.1, -0.05) is 30.3 Å². The van der Waals surface area contributed by atoms with Gasteiger partial charge in [0.05, 0.1) is 17.6 Å². The average molecular weight is 428 g/mol. The quantitative estimate of drug-likeness (QED) is 0.224. The van der Waals surface area contributed by atoms with E-state index in [9.17, 15) is 4.79 Å². The molecule has 8 heteroatoms. The van der Waals surface area contributed by atoms with Crippen molar-refractivity contribution in [1.82, 2.24) is 15.3 Å². The molecule has 3 aromatic carbocycles. The number of fused-ring (bicyclic) bond motifs is 1. The van der Waals surface area contributed by atoms with Crippen LogP contribution in [0.2, 0.25) is 0 Å². The van der Waals surface area contributed by atoms with Crippen molar-refractivity contribution in [2.45, 2.75) is 20.0 Å². The standard InChI is InChI=1S/C24H24N6O2/c1-15-20(32-24(31)28-13-16-5-3-2-4-6-16)12-11-19-22(15)30-21(29-19)14-27-18-9-7-17(8-10-18)23(25)26/h2-12,27H,13-14H2,1H3,(H3,25,26)(H,28,31)(H,29,30). The van der Waals surface area contributed by atoms with Crippen molar-refractivity contribution < 1.29 is 9.53 Å². The maximum absolute atomic E-state index is 12.2. The minimum atomic E-state index is -0.511. The Hall–Kier alpha value is -4.33. The van der Waals surface area contributed by atoms with E-state index in [1.165, 1.54) is 0 Å². The molecule has 0 aliphatic heterocycles. The SMILES string of the molecule is Cc1c(OC(=O)NCc2ccccc2)ccc2[nH]c(CNc3ccc(C(=N)N)cc3)nc12. The number of rotatable bonds is 7. The van der Waals surface area contributed by atoms with Crippen molar-refractivity contribution in [2.75, 3.05) is 5.32 Å². The van der Waals surface area contributed by atoms with E-state index in [-0.39, 0.29) is 5.84 Å². The molecule has 0 aliphatic rings. The van der Waals surface area contributed by atoms with E-state index in [1.807, 2.05) is 55.5 Å². The van der Waals surface area contributed by atoms with Crippen molar-refractivity contribution in [1.29, 1.82) is 5.41 Å². The molecule has 0 aliphatic carbocycles. The fraction of sp³-hybridized carbons (Fsp3) is 0.125. The summed E-state index contributed by atoms with van der Waals surface area (Å²) in [7, 11) is 0. The van der Waals surface area contributed by atoms with Crippen LogP contribution in [-0.4, -0.2) is 21.9 Å². The number of benzene rings is 3. The molecule has 1 heterocycles. The van der Waals surface area contributed by atoms with Gasteiger partial charge in [-0.25, -0.2) is 9.78 Å². The highest BCUT2D eigenvalue weighted by molar-refractivity contribution is 5.95. The zero-order valence-corrected chi connectivity index (χ0v) is 17.6. The Labute approximate surface area is 185 Å². The lowest BCUT2D eigenvalue weighted by atomic mass is 10.2. The maximum Gasteiger partial charge on any atom is 0.412 e. The molecule has 4 rings (SSSR count). The van der Waals surface area contributed by atoms with Crippen molar-refractivity contribution in [3.63, 3.8) is 0 Å². The number of aromatic nitrogens is 2. The van der Waals surface area contributed by atoms with Crippen LogP contribution >= 0.6 is 0 Å². The van der Waals surface area contributed by atoms with Gasteiger partial charge in [-0.15, -0.1) is 0 Å². The van der Waals surface area contributed by atoms with Crippen LogP contribution in [0, 0.1) is 12.3 Å². The Morgan fingerprint density at radius 2 is 1.81 bits per heavy atom.